The fraction of sp³-hybridized carbons (Fsp3) is 0.615. The van der Waals surface area contributed by atoms with Gasteiger partial charge in [0.25, 0.3) is 0 Å². The van der Waals surface area contributed by atoms with Crippen LogP contribution in [0.25, 0.3) is 0 Å². The quantitative estimate of drug-likeness (QED) is 0.913. The van der Waals surface area contributed by atoms with E-state index in [4.69, 9.17) is 0 Å². The van der Waals surface area contributed by atoms with Crippen LogP contribution < -0.4 is 10.2 Å². The molecular formula is C13H21BrN4. The Morgan fingerprint density at radius 1 is 1.39 bits per heavy atom. The van der Waals surface area contributed by atoms with Crippen molar-refractivity contribution in [1.82, 2.24) is 15.2 Å². The van der Waals surface area contributed by atoms with Crippen molar-refractivity contribution in [3.05, 3.63) is 22.3 Å². The highest BCUT2D eigenvalue weighted by atomic mass is 79.9. The average molecular weight is 313 g/mol. The van der Waals surface area contributed by atoms with E-state index in [9.17, 15) is 0 Å². The molecule has 1 aliphatic rings. The second-order valence-electron chi connectivity index (χ2n) is 4.75. The lowest BCUT2D eigenvalue weighted by molar-refractivity contribution is 0.246. The Labute approximate surface area is 118 Å². The molecular weight excluding hydrogens is 292 g/mol. The number of rotatable bonds is 4. The van der Waals surface area contributed by atoms with E-state index in [0.717, 1.165) is 55.3 Å². The molecule has 1 N–H and O–H groups in total. The molecule has 1 aromatic heterocycles. The third-order valence-corrected chi connectivity index (χ3v) is 4.20. The monoisotopic (exact) mass is 312 g/mol. The molecule has 0 aliphatic carbocycles. The van der Waals surface area contributed by atoms with Crippen LogP contribution >= 0.6 is 15.9 Å². The predicted molar refractivity (Wildman–Crippen MR) is 79.3 cm³/mol. The molecule has 1 aromatic rings. The van der Waals surface area contributed by atoms with E-state index < -0.39 is 0 Å². The Balaban J connectivity index is 1.86. The van der Waals surface area contributed by atoms with Crippen LogP contribution in [0.1, 0.15) is 5.69 Å². The van der Waals surface area contributed by atoms with Crippen LogP contribution in [0.4, 0.5) is 5.82 Å². The first-order valence-electron chi connectivity index (χ1n) is 6.44. The summed E-state index contributed by atoms with van der Waals surface area (Å²) in [4.78, 5) is 9.31. The van der Waals surface area contributed by atoms with Gasteiger partial charge in [-0.2, -0.15) is 0 Å². The van der Waals surface area contributed by atoms with E-state index >= 15 is 0 Å². The molecule has 1 aliphatic heterocycles. The van der Waals surface area contributed by atoms with Gasteiger partial charge in [-0.1, -0.05) is 0 Å². The lowest BCUT2D eigenvalue weighted by Crippen LogP contribution is -2.46. The van der Waals surface area contributed by atoms with Gasteiger partial charge in [0.1, 0.15) is 5.82 Å². The first kappa shape index (κ1) is 13.8. The number of nitrogens with one attached hydrogen (secondary N) is 1. The van der Waals surface area contributed by atoms with Gasteiger partial charge in [-0.3, -0.25) is 4.90 Å². The summed E-state index contributed by atoms with van der Waals surface area (Å²) < 4.78 is 1.07. The van der Waals surface area contributed by atoms with Crippen LogP contribution in [0.3, 0.4) is 0 Å². The number of anilines is 1. The lowest BCUT2D eigenvalue weighted by Gasteiger charge is -2.29. The highest BCUT2D eigenvalue weighted by molar-refractivity contribution is 9.10. The lowest BCUT2D eigenvalue weighted by atomic mass is 10.3. The van der Waals surface area contributed by atoms with E-state index in [1.165, 1.54) is 0 Å². The molecule has 0 atom stereocenters. The number of aryl methyl sites for hydroxylation is 1. The first-order chi connectivity index (χ1) is 8.66. The Morgan fingerprint density at radius 2 is 2.11 bits per heavy atom. The number of hydrogen-bond donors (Lipinski definition) is 1. The highest BCUT2D eigenvalue weighted by Gasteiger charge is 2.11. The van der Waals surface area contributed by atoms with Gasteiger partial charge < -0.3 is 10.2 Å². The molecule has 4 nitrogen and oxygen atoms in total. The van der Waals surface area contributed by atoms with Gasteiger partial charge in [0, 0.05) is 50.8 Å². The largest absolute Gasteiger partial charge is 0.358 e. The maximum atomic E-state index is 4.58. The zero-order valence-corrected chi connectivity index (χ0v) is 12.7. The fourth-order valence-electron chi connectivity index (χ4n) is 2.08. The molecule has 2 rings (SSSR count). The van der Waals surface area contributed by atoms with Crippen molar-refractivity contribution in [2.45, 2.75) is 6.92 Å². The molecule has 5 heteroatoms. The van der Waals surface area contributed by atoms with Gasteiger partial charge in [0.15, 0.2) is 0 Å². The summed E-state index contributed by atoms with van der Waals surface area (Å²) in [6, 6.07) is 4.13. The number of piperazine rings is 1. The number of aromatic nitrogens is 1. The summed E-state index contributed by atoms with van der Waals surface area (Å²) in [5, 5.41) is 3.37. The molecule has 100 valence electrons. The number of halogens is 1. The smallest absolute Gasteiger partial charge is 0.128 e. The van der Waals surface area contributed by atoms with E-state index in [2.05, 4.69) is 55.2 Å². The Morgan fingerprint density at radius 3 is 2.78 bits per heavy atom. The Bertz CT molecular complexity index is 391. The molecule has 0 amide bonds. The number of hydrogen-bond acceptors (Lipinski definition) is 4. The van der Waals surface area contributed by atoms with E-state index in [-0.39, 0.29) is 0 Å². The fourth-order valence-corrected chi connectivity index (χ4v) is 2.30. The molecule has 0 unspecified atom stereocenters. The van der Waals surface area contributed by atoms with Crippen molar-refractivity contribution in [2.24, 2.45) is 0 Å². The third-order valence-electron chi connectivity index (χ3n) is 3.36. The summed E-state index contributed by atoms with van der Waals surface area (Å²) >= 11 is 3.48. The van der Waals surface area contributed by atoms with E-state index in [1.807, 2.05) is 6.92 Å². The van der Waals surface area contributed by atoms with E-state index in [1.54, 1.807) is 0 Å². The molecule has 1 fully saturated rings. The minimum absolute atomic E-state index is 1.02. The summed E-state index contributed by atoms with van der Waals surface area (Å²) in [7, 11) is 2.11. The van der Waals surface area contributed by atoms with Crippen molar-refractivity contribution in [2.75, 3.05) is 51.2 Å². The van der Waals surface area contributed by atoms with Crippen molar-refractivity contribution in [3.8, 4) is 0 Å². The molecule has 0 spiro atoms. The first-order valence-corrected chi connectivity index (χ1v) is 7.23. The molecule has 18 heavy (non-hydrogen) atoms. The minimum Gasteiger partial charge on any atom is -0.358 e. The van der Waals surface area contributed by atoms with Crippen LogP contribution in [0.5, 0.6) is 0 Å². The van der Waals surface area contributed by atoms with Crippen molar-refractivity contribution in [3.63, 3.8) is 0 Å². The normalized spacial score (nSPS) is 16.8. The van der Waals surface area contributed by atoms with Gasteiger partial charge in [-0.05, 0) is 35.0 Å². The number of likely N-dealkylation sites (N-methyl/N-ethyl adjacent to an activating group) is 1. The highest BCUT2D eigenvalue weighted by Crippen LogP contribution is 2.18. The summed E-state index contributed by atoms with van der Waals surface area (Å²) in [6.07, 6.45) is 0. The molecule has 0 aromatic carbocycles. The average Bonchev–Trinajstić information content (AvgIpc) is 2.40. The summed E-state index contributed by atoms with van der Waals surface area (Å²) in [5.74, 6) is 1.05. The maximum absolute atomic E-state index is 4.58. The minimum atomic E-state index is 1.02. The van der Waals surface area contributed by atoms with Crippen LogP contribution in [0.15, 0.2) is 16.6 Å². The zero-order valence-electron chi connectivity index (χ0n) is 11.1. The molecule has 0 bridgehead atoms. The van der Waals surface area contributed by atoms with Crippen LogP contribution in [0.2, 0.25) is 0 Å². The number of nitrogens with zero attached hydrogens (tertiary/aromatic N) is 3. The topological polar surface area (TPSA) is 31.4 Å². The predicted octanol–water partition coefficient (Wildman–Crippen LogP) is 1.49. The Kier molecular flexibility index (Phi) is 4.97. The van der Waals surface area contributed by atoms with Crippen molar-refractivity contribution >= 4 is 21.7 Å². The van der Waals surface area contributed by atoms with Crippen molar-refractivity contribution < 1.29 is 0 Å². The molecule has 0 radical (unpaired) electrons. The Hall–Kier alpha value is -0.650. The maximum Gasteiger partial charge on any atom is 0.128 e. The molecule has 0 saturated carbocycles. The van der Waals surface area contributed by atoms with Gasteiger partial charge in [-0.25, -0.2) is 4.98 Å². The molecule has 1 saturated heterocycles. The number of pyridine rings is 1. The second kappa shape index (κ2) is 6.50. The van der Waals surface area contributed by atoms with Gasteiger partial charge in [-0.15, -0.1) is 0 Å². The summed E-state index contributed by atoms with van der Waals surface area (Å²) in [5.41, 5.74) is 1.04. The summed E-state index contributed by atoms with van der Waals surface area (Å²) in [6.45, 7) is 8.68. The standard InChI is InChI=1S/C13H21BrN4/c1-11-12(14)3-4-13(16-11)17(2)9-10-18-7-5-15-6-8-18/h3-4,15H,5-10H2,1-2H3. The van der Waals surface area contributed by atoms with Crippen LogP contribution in [-0.4, -0.2) is 56.2 Å². The second-order valence-corrected chi connectivity index (χ2v) is 5.60. The van der Waals surface area contributed by atoms with Gasteiger partial charge in [0.2, 0.25) is 0 Å². The van der Waals surface area contributed by atoms with Crippen LogP contribution in [0, 0.1) is 6.92 Å². The van der Waals surface area contributed by atoms with Crippen LogP contribution in [-0.2, 0) is 0 Å². The van der Waals surface area contributed by atoms with Gasteiger partial charge in [0.05, 0.1) is 5.69 Å². The SMILES string of the molecule is Cc1nc(N(C)CCN2CCNCC2)ccc1Br. The molecule has 2 heterocycles. The zero-order chi connectivity index (χ0) is 13.0. The van der Waals surface area contributed by atoms with Gasteiger partial charge >= 0.3 is 0 Å². The van der Waals surface area contributed by atoms with Crippen molar-refractivity contribution in [1.29, 1.82) is 0 Å². The van der Waals surface area contributed by atoms with E-state index in [0.29, 0.717) is 0 Å². The third kappa shape index (κ3) is 3.67.